The summed E-state index contributed by atoms with van der Waals surface area (Å²) in [6.07, 6.45) is 6.77. The highest BCUT2D eigenvalue weighted by Crippen LogP contribution is 2.36. The van der Waals surface area contributed by atoms with Gasteiger partial charge in [-0.1, -0.05) is 30.3 Å². The molecule has 1 aliphatic carbocycles. The van der Waals surface area contributed by atoms with E-state index in [9.17, 15) is 4.79 Å². The van der Waals surface area contributed by atoms with Crippen molar-refractivity contribution in [2.24, 2.45) is 11.8 Å². The normalized spacial score (nSPS) is 26.2. The van der Waals surface area contributed by atoms with Crippen molar-refractivity contribution in [2.45, 2.75) is 44.4 Å². The lowest BCUT2D eigenvalue weighted by molar-refractivity contribution is -0.138. The molecule has 1 aliphatic heterocycles. The SMILES string of the molecule is CNCC1CCN(C(=O)C2CCC(c3ccccc3)CC2)CC1. The van der Waals surface area contributed by atoms with Crippen LogP contribution in [0.5, 0.6) is 0 Å². The van der Waals surface area contributed by atoms with Crippen molar-refractivity contribution in [1.82, 2.24) is 10.2 Å². The van der Waals surface area contributed by atoms with Gasteiger partial charge in [-0.25, -0.2) is 0 Å². The third kappa shape index (κ3) is 4.14. The van der Waals surface area contributed by atoms with Gasteiger partial charge >= 0.3 is 0 Å². The van der Waals surface area contributed by atoms with Gasteiger partial charge in [-0.05, 0) is 69.5 Å². The number of nitrogens with one attached hydrogen (secondary N) is 1. The zero-order chi connectivity index (χ0) is 16.1. The maximum absolute atomic E-state index is 12.8. The molecule has 1 N–H and O–H groups in total. The van der Waals surface area contributed by atoms with Crippen LogP contribution >= 0.6 is 0 Å². The summed E-state index contributed by atoms with van der Waals surface area (Å²) < 4.78 is 0. The van der Waals surface area contributed by atoms with Crippen LogP contribution in [0.4, 0.5) is 0 Å². The van der Waals surface area contributed by atoms with E-state index in [2.05, 4.69) is 40.5 Å². The summed E-state index contributed by atoms with van der Waals surface area (Å²) >= 11 is 0. The number of hydrogen-bond donors (Lipinski definition) is 1. The number of piperidine rings is 1. The van der Waals surface area contributed by atoms with Crippen LogP contribution < -0.4 is 5.32 Å². The molecular formula is C20H30N2O. The minimum atomic E-state index is 0.274. The van der Waals surface area contributed by atoms with Gasteiger partial charge < -0.3 is 10.2 Å². The van der Waals surface area contributed by atoms with E-state index in [0.29, 0.717) is 11.8 Å². The van der Waals surface area contributed by atoms with Crippen molar-refractivity contribution >= 4 is 5.91 Å². The van der Waals surface area contributed by atoms with Crippen molar-refractivity contribution in [1.29, 1.82) is 0 Å². The minimum Gasteiger partial charge on any atom is -0.342 e. The van der Waals surface area contributed by atoms with Crippen LogP contribution in [-0.2, 0) is 4.79 Å². The Morgan fingerprint density at radius 1 is 1.04 bits per heavy atom. The Morgan fingerprint density at radius 2 is 1.70 bits per heavy atom. The molecule has 0 unspecified atom stereocenters. The van der Waals surface area contributed by atoms with E-state index >= 15 is 0 Å². The first-order chi connectivity index (χ1) is 11.3. The number of amides is 1. The van der Waals surface area contributed by atoms with Gasteiger partial charge in [0.2, 0.25) is 5.91 Å². The molecule has 126 valence electrons. The molecule has 3 heteroatoms. The highest BCUT2D eigenvalue weighted by atomic mass is 16.2. The van der Waals surface area contributed by atoms with E-state index in [1.807, 2.05) is 7.05 Å². The fourth-order valence-corrected chi connectivity index (χ4v) is 4.30. The Morgan fingerprint density at radius 3 is 2.30 bits per heavy atom. The number of nitrogens with zero attached hydrogens (tertiary/aromatic N) is 1. The van der Waals surface area contributed by atoms with Crippen molar-refractivity contribution in [3.8, 4) is 0 Å². The molecule has 0 radical (unpaired) electrons. The van der Waals surface area contributed by atoms with Crippen LogP contribution in [0.3, 0.4) is 0 Å². The third-order valence-electron chi connectivity index (χ3n) is 5.77. The molecule has 0 spiro atoms. The molecule has 2 aliphatic rings. The molecule has 2 fully saturated rings. The van der Waals surface area contributed by atoms with Crippen molar-refractivity contribution in [2.75, 3.05) is 26.7 Å². The van der Waals surface area contributed by atoms with E-state index in [1.165, 1.54) is 5.56 Å². The topological polar surface area (TPSA) is 32.3 Å². The summed E-state index contributed by atoms with van der Waals surface area (Å²) in [5, 5.41) is 3.26. The minimum absolute atomic E-state index is 0.274. The predicted molar refractivity (Wildman–Crippen MR) is 94.4 cm³/mol. The van der Waals surface area contributed by atoms with Gasteiger partial charge in [0.15, 0.2) is 0 Å². The molecule has 1 saturated carbocycles. The van der Waals surface area contributed by atoms with E-state index in [1.54, 1.807) is 0 Å². The van der Waals surface area contributed by atoms with E-state index in [0.717, 1.165) is 64.1 Å². The second-order valence-electron chi connectivity index (χ2n) is 7.29. The van der Waals surface area contributed by atoms with E-state index in [4.69, 9.17) is 0 Å². The van der Waals surface area contributed by atoms with Crippen molar-refractivity contribution in [3.05, 3.63) is 35.9 Å². The molecule has 1 aromatic carbocycles. The summed E-state index contributed by atoms with van der Waals surface area (Å²) in [5.74, 6) is 2.11. The predicted octanol–water partition coefficient (Wildman–Crippen LogP) is 3.42. The number of benzene rings is 1. The first kappa shape index (κ1) is 16.5. The van der Waals surface area contributed by atoms with Gasteiger partial charge in [0.25, 0.3) is 0 Å². The largest absolute Gasteiger partial charge is 0.342 e. The van der Waals surface area contributed by atoms with Gasteiger partial charge in [0.1, 0.15) is 0 Å². The lowest BCUT2D eigenvalue weighted by Gasteiger charge is -2.36. The summed E-state index contributed by atoms with van der Waals surface area (Å²) in [6, 6.07) is 10.8. The van der Waals surface area contributed by atoms with Gasteiger partial charge in [-0.15, -0.1) is 0 Å². The maximum Gasteiger partial charge on any atom is 0.225 e. The Bertz CT molecular complexity index is 486. The molecule has 0 aromatic heterocycles. The summed E-state index contributed by atoms with van der Waals surface area (Å²) in [6.45, 7) is 3.01. The number of likely N-dealkylation sites (tertiary alicyclic amines) is 1. The van der Waals surface area contributed by atoms with Gasteiger partial charge in [-0.3, -0.25) is 4.79 Å². The molecule has 1 aromatic rings. The summed E-state index contributed by atoms with van der Waals surface area (Å²) in [7, 11) is 2.02. The number of carbonyl (C=O) groups is 1. The zero-order valence-electron chi connectivity index (χ0n) is 14.3. The van der Waals surface area contributed by atoms with E-state index < -0.39 is 0 Å². The highest BCUT2D eigenvalue weighted by Gasteiger charge is 2.31. The van der Waals surface area contributed by atoms with Crippen molar-refractivity contribution < 1.29 is 4.79 Å². The Kier molecular flexibility index (Phi) is 5.71. The van der Waals surface area contributed by atoms with Gasteiger partial charge in [-0.2, -0.15) is 0 Å². The molecule has 23 heavy (non-hydrogen) atoms. The lowest BCUT2D eigenvalue weighted by atomic mass is 9.78. The molecule has 1 heterocycles. The summed E-state index contributed by atoms with van der Waals surface area (Å²) in [4.78, 5) is 14.9. The quantitative estimate of drug-likeness (QED) is 0.923. The molecule has 1 amide bonds. The molecule has 3 nitrogen and oxygen atoms in total. The van der Waals surface area contributed by atoms with Crippen LogP contribution in [-0.4, -0.2) is 37.5 Å². The van der Waals surface area contributed by atoms with Crippen LogP contribution in [0.15, 0.2) is 30.3 Å². The Balaban J connectivity index is 1.47. The second kappa shape index (κ2) is 7.96. The van der Waals surface area contributed by atoms with Crippen LogP contribution in [0.2, 0.25) is 0 Å². The second-order valence-corrected chi connectivity index (χ2v) is 7.29. The monoisotopic (exact) mass is 314 g/mol. The molecule has 0 atom stereocenters. The third-order valence-corrected chi connectivity index (χ3v) is 5.77. The Hall–Kier alpha value is -1.35. The number of rotatable bonds is 4. The fraction of sp³-hybridized carbons (Fsp3) is 0.650. The maximum atomic E-state index is 12.8. The van der Waals surface area contributed by atoms with E-state index in [-0.39, 0.29) is 5.92 Å². The molecule has 3 rings (SSSR count). The standard InChI is InChI=1S/C20H30N2O/c1-21-15-16-11-13-22(14-12-16)20(23)19-9-7-18(8-10-19)17-5-3-2-4-6-17/h2-6,16,18-19,21H,7-15H2,1H3. The first-order valence-electron chi connectivity index (χ1n) is 9.26. The van der Waals surface area contributed by atoms with Crippen molar-refractivity contribution in [3.63, 3.8) is 0 Å². The van der Waals surface area contributed by atoms with Crippen LogP contribution in [0.1, 0.15) is 50.0 Å². The molecule has 0 bridgehead atoms. The number of carbonyl (C=O) groups excluding carboxylic acids is 1. The van der Waals surface area contributed by atoms with Crippen LogP contribution in [0, 0.1) is 11.8 Å². The first-order valence-corrected chi connectivity index (χ1v) is 9.26. The van der Waals surface area contributed by atoms with Crippen LogP contribution in [0.25, 0.3) is 0 Å². The highest BCUT2D eigenvalue weighted by molar-refractivity contribution is 5.79. The van der Waals surface area contributed by atoms with Gasteiger partial charge in [0.05, 0.1) is 0 Å². The molecular weight excluding hydrogens is 284 g/mol. The zero-order valence-corrected chi connectivity index (χ0v) is 14.3. The fourth-order valence-electron chi connectivity index (χ4n) is 4.30. The smallest absolute Gasteiger partial charge is 0.225 e. The number of hydrogen-bond acceptors (Lipinski definition) is 2. The average Bonchev–Trinajstić information content (AvgIpc) is 2.63. The lowest BCUT2D eigenvalue weighted by Crippen LogP contribution is -2.43. The Labute approximate surface area is 140 Å². The average molecular weight is 314 g/mol. The summed E-state index contributed by atoms with van der Waals surface area (Å²) in [5.41, 5.74) is 1.45. The van der Waals surface area contributed by atoms with Gasteiger partial charge in [0, 0.05) is 19.0 Å². The molecule has 1 saturated heterocycles.